The van der Waals surface area contributed by atoms with Crippen molar-refractivity contribution in [2.24, 2.45) is 5.92 Å². The van der Waals surface area contributed by atoms with E-state index in [0.29, 0.717) is 0 Å². The van der Waals surface area contributed by atoms with Gasteiger partial charge in [-0.2, -0.15) is 0 Å². The summed E-state index contributed by atoms with van der Waals surface area (Å²) in [6.45, 7) is 0.0675. The van der Waals surface area contributed by atoms with Crippen LogP contribution < -0.4 is 4.90 Å². The summed E-state index contributed by atoms with van der Waals surface area (Å²) in [5.41, 5.74) is 0.101. The molecule has 0 aliphatic carbocycles. The highest BCUT2D eigenvalue weighted by molar-refractivity contribution is 6.00. The highest BCUT2D eigenvalue weighted by Crippen LogP contribution is 2.31. The standard InChI is InChI=1S/C11H11N3O5/c1-19-11(16)7-5-9(15)13(6-7)8-3-2-4-12-10(8)14(17)18/h2-4,7H,5-6H2,1H3. The maximum atomic E-state index is 11.8. The summed E-state index contributed by atoms with van der Waals surface area (Å²) in [6, 6.07) is 2.93. The van der Waals surface area contributed by atoms with Crippen LogP contribution in [0.5, 0.6) is 0 Å². The molecule has 1 amide bonds. The molecule has 8 heteroatoms. The van der Waals surface area contributed by atoms with E-state index in [-0.39, 0.29) is 24.6 Å². The minimum Gasteiger partial charge on any atom is -0.469 e. The highest BCUT2D eigenvalue weighted by atomic mass is 16.6. The van der Waals surface area contributed by atoms with Crippen LogP contribution in [0, 0.1) is 16.0 Å². The minimum atomic E-state index is -0.659. The van der Waals surface area contributed by atoms with Crippen molar-refractivity contribution in [1.29, 1.82) is 0 Å². The van der Waals surface area contributed by atoms with E-state index in [1.54, 1.807) is 0 Å². The van der Waals surface area contributed by atoms with Crippen molar-refractivity contribution >= 4 is 23.4 Å². The zero-order valence-corrected chi connectivity index (χ0v) is 10.1. The lowest BCUT2D eigenvalue weighted by atomic mass is 10.1. The molecule has 1 fully saturated rings. The summed E-state index contributed by atoms with van der Waals surface area (Å²) in [4.78, 5) is 38.3. The Bertz CT molecular complexity index is 545. The Morgan fingerprint density at radius 1 is 1.63 bits per heavy atom. The molecule has 2 rings (SSSR count). The van der Waals surface area contributed by atoms with E-state index in [9.17, 15) is 19.7 Å². The Morgan fingerprint density at radius 3 is 3.00 bits per heavy atom. The molecule has 1 aromatic rings. The van der Waals surface area contributed by atoms with Crippen LogP contribution in [0.15, 0.2) is 18.3 Å². The molecule has 0 saturated carbocycles. The molecule has 1 aliphatic rings. The van der Waals surface area contributed by atoms with Gasteiger partial charge >= 0.3 is 11.8 Å². The number of carbonyl (C=O) groups excluding carboxylic acids is 2. The monoisotopic (exact) mass is 265 g/mol. The smallest absolute Gasteiger partial charge is 0.387 e. The third-order valence-electron chi connectivity index (χ3n) is 2.89. The molecule has 1 unspecified atom stereocenters. The Balaban J connectivity index is 2.31. The number of rotatable bonds is 3. The number of hydrogen-bond acceptors (Lipinski definition) is 6. The van der Waals surface area contributed by atoms with Gasteiger partial charge in [0.05, 0.1) is 13.0 Å². The van der Waals surface area contributed by atoms with E-state index in [1.165, 1.54) is 30.3 Å². The topological polar surface area (TPSA) is 103 Å². The van der Waals surface area contributed by atoms with Gasteiger partial charge < -0.3 is 19.8 Å². The number of nitrogens with zero attached hydrogens (tertiary/aromatic N) is 3. The summed E-state index contributed by atoms with van der Waals surface area (Å²) in [6.07, 6.45) is 1.26. The van der Waals surface area contributed by atoms with Crippen LogP contribution in [-0.2, 0) is 14.3 Å². The van der Waals surface area contributed by atoms with Crippen LogP contribution in [0.2, 0.25) is 0 Å². The van der Waals surface area contributed by atoms with Crippen molar-refractivity contribution in [1.82, 2.24) is 4.98 Å². The van der Waals surface area contributed by atoms with Crippen molar-refractivity contribution in [2.75, 3.05) is 18.6 Å². The first-order valence-corrected chi connectivity index (χ1v) is 5.52. The van der Waals surface area contributed by atoms with Crippen LogP contribution in [0.1, 0.15) is 6.42 Å². The second kappa shape index (κ2) is 5.01. The van der Waals surface area contributed by atoms with Crippen molar-refractivity contribution in [3.63, 3.8) is 0 Å². The van der Waals surface area contributed by atoms with Crippen LogP contribution in [0.4, 0.5) is 11.5 Å². The SMILES string of the molecule is COC(=O)C1CC(=O)N(c2cccnc2[N+](=O)[O-])C1. The van der Waals surface area contributed by atoms with E-state index in [1.807, 2.05) is 0 Å². The maximum absolute atomic E-state index is 11.8. The molecule has 0 spiro atoms. The van der Waals surface area contributed by atoms with Gasteiger partial charge in [0.1, 0.15) is 11.9 Å². The van der Waals surface area contributed by atoms with Gasteiger partial charge in [0, 0.05) is 13.0 Å². The van der Waals surface area contributed by atoms with Crippen LogP contribution in [-0.4, -0.2) is 35.4 Å². The number of hydrogen-bond donors (Lipinski definition) is 0. The lowest BCUT2D eigenvalue weighted by Crippen LogP contribution is -2.27. The van der Waals surface area contributed by atoms with Gasteiger partial charge in [0.25, 0.3) is 0 Å². The average Bonchev–Trinajstić information content (AvgIpc) is 2.79. The van der Waals surface area contributed by atoms with Crippen LogP contribution >= 0.6 is 0 Å². The normalized spacial score (nSPS) is 18.5. The minimum absolute atomic E-state index is 0.0152. The molecule has 1 saturated heterocycles. The fraction of sp³-hybridized carbons (Fsp3) is 0.364. The van der Waals surface area contributed by atoms with Crippen molar-refractivity contribution < 1.29 is 19.2 Å². The lowest BCUT2D eigenvalue weighted by Gasteiger charge is -2.15. The number of esters is 1. The fourth-order valence-electron chi connectivity index (χ4n) is 2.00. The predicted octanol–water partition coefficient (Wildman–Crippen LogP) is 0.516. The van der Waals surface area contributed by atoms with Gasteiger partial charge in [-0.1, -0.05) is 0 Å². The van der Waals surface area contributed by atoms with Crippen molar-refractivity contribution in [3.8, 4) is 0 Å². The molecule has 0 radical (unpaired) electrons. The lowest BCUT2D eigenvalue weighted by molar-refractivity contribution is -0.388. The van der Waals surface area contributed by atoms with Crippen LogP contribution in [0.25, 0.3) is 0 Å². The Morgan fingerprint density at radius 2 is 2.37 bits per heavy atom. The first-order valence-electron chi connectivity index (χ1n) is 5.52. The quantitative estimate of drug-likeness (QED) is 0.448. The number of anilines is 1. The summed E-state index contributed by atoms with van der Waals surface area (Å²) >= 11 is 0. The summed E-state index contributed by atoms with van der Waals surface area (Å²) in [7, 11) is 1.24. The third-order valence-corrected chi connectivity index (χ3v) is 2.89. The summed E-state index contributed by atoms with van der Waals surface area (Å²) < 4.78 is 4.58. The average molecular weight is 265 g/mol. The van der Waals surface area contributed by atoms with E-state index >= 15 is 0 Å². The Labute approximate surface area is 108 Å². The van der Waals surface area contributed by atoms with E-state index in [4.69, 9.17) is 0 Å². The Hall–Kier alpha value is -2.51. The van der Waals surface area contributed by atoms with Crippen molar-refractivity contribution in [2.45, 2.75) is 6.42 Å². The van der Waals surface area contributed by atoms with Crippen LogP contribution in [0.3, 0.4) is 0 Å². The molecule has 1 aromatic heterocycles. The first kappa shape index (κ1) is 12.9. The number of aromatic nitrogens is 1. The second-order valence-corrected chi connectivity index (χ2v) is 4.03. The molecule has 8 nitrogen and oxygen atoms in total. The molecule has 0 aromatic carbocycles. The maximum Gasteiger partial charge on any atom is 0.387 e. The fourth-order valence-corrected chi connectivity index (χ4v) is 2.00. The third kappa shape index (κ3) is 2.37. The number of amides is 1. The first-order chi connectivity index (χ1) is 9.04. The van der Waals surface area contributed by atoms with E-state index in [2.05, 4.69) is 9.72 Å². The van der Waals surface area contributed by atoms with Gasteiger partial charge in [0.15, 0.2) is 0 Å². The van der Waals surface area contributed by atoms with E-state index < -0.39 is 22.6 Å². The zero-order valence-electron chi connectivity index (χ0n) is 10.1. The van der Waals surface area contributed by atoms with Gasteiger partial charge in [-0.25, -0.2) is 0 Å². The molecule has 0 N–H and O–H groups in total. The number of carbonyl (C=O) groups is 2. The van der Waals surface area contributed by atoms with E-state index in [0.717, 1.165) is 0 Å². The molecule has 2 heterocycles. The van der Waals surface area contributed by atoms with Gasteiger partial charge in [-0.05, 0) is 22.0 Å². The highest BCUT2D eigenvalue weighted by Gasteiger charge is 2.38. The largest absolute Gasteiger partial charge is 0.469 e. The van der Waals surface area contributed by atoms with Crippen molar-refractivity contribution in [3.05, 3.63) is 28.4 Å². The number of ether oxygens (including phenoxy) is 1. The number of pyridine rings is 1. The molecule has 1 atom stereocenters. The molecule has 1 aliphatic heterocycles. The van der Waals surface area contributed by atoms with Gasteiger partial charge in [-0.3, -0.25) is 9.59 Å². The van der Waals surface area contributed by atoms with Gasteiger partial charge in [-0.15, -0.1) is 0 Å². The predicted molar refractivity (Wildman–Crippen MR) is 63.4 cm³/mol. The molecular weight excluding hydrogens is 254 g/mol. The Kier molecular flexibility index (Phi) is 3.41. The van der Waals surface area contributed by atoms with Gasteiger partial charge in [0.2, 0.25) is 5.91 Å². The second-order valence-electron chi connectivity index (χ2n) is 4.03. The summed E-state index contributed by atoms with van der Waals surface area (Å²) in [5, 5.41) is 10.9. The summed E-state index contributed by atoms with van der Waals surface area (Å²) in [5.74, 6) is -1.85. The molecular formula is C11H11N3O5. The zero-order chi connectivity index (χ0) is 14.0. The number of methoxy groups -OCH3 is 1. The molecule has 0 bridgehead atoms. The number of nitro groups is 1. The molecule has 100 valence electrons. The molecule has 19 heavy (non-hydrogen) atoms.